The molecule has 0 amide bonds. The van der Waals surface area contributed by atoms with Crippen LogP contribution in [0.1, 0.15) is 200 Å². The number of allylic oxidation sites excluding steroid dienone is 4. The molecular weight excluding hydrogens is 532 g/mol. The van der Waals surface area contributed by atoms with E-state index in [1.54, 1.807) is 0 Å². The van der Waals surface area contributed by atoms with Crippen molar-refractivity contribution in [3.05, 3.63) is 24.3 Å². The van der Waals surface area contributed by atoms with Crippen LogP contribution in [0.25, 0.3) is 0 Å². The van der Waals surface area contributed by atoms with Crippen molar-refractivity contribution >= 4 is 12.6 Å². The van der Waals surface area contributed by atoms with E-state index in [9.17, 15) is 0 Å². The predicted molar refractivity (Wildman–Crippen MR) is 191 cm³/mol. The van der Waals surface area contributed by atoms with E-state index in [-0.39, 0.29) is 5.79 Å². The number of unbranched alkanes of at least 4 members (excludes halogenated alkanes) is 23. The van der Waals surface area contributed by atoms with E-state index in [4.69, 9.17) is 9.47 Å². The van der Waals surface area contributed by atoms with Gasteiger partial charge in [-0.15, -0.1) is 0 Å². The Morgan fingerprint density at radius 3 is 1.17 bits per heavy atom. The normalized spacial score (nSPS) is 15.4. The van der Waals surface area contributed by atoms with Gasteiger partial charge in [-0.25, -0.2) is 0 Å². The average Bonchev–Trinajstić information content (AvgIpc) is 3.01. The van der Waals surface area contributed by atoms with Gasteiger partial charge < -0.3 is 9.47 Å². The number of hydrogen-bond acceptors (Lipinski definition) is 3. The summed E-state index contributed by atoms with van der Waals surface area (Å²) in [5, 5.41) is 0. The van der Waals surface area contributed by atoms with Crippen molar-refractivity contribution in [2.75, 3.05) is 19.0 Å². The lowest BCUT2D eigenvalue weighted by Gasteiger charge is -2.37. The fourth-order valence-corrected chi connectivity index (χ4v) is 6.40. The summed E-state index contributed by atoms with van der Waals surface area (Å²) in [6, 6.07) is 0. The second kappa shape index (κ2) is 32.2. The van der Waals surface area contributed by atoms with E-state index >= 15 is 0 Å². The molecule has 0 aromatic rings. The third kappa shape index (κ3) is 26.2. The first-order chi connectivity index (χ1) is 20.8. The fourth-order valence-electron chi connectivity index (χ4n) is 6.18. The van der Waals surface area contributed by atoms with Gasteiger partial charge in [0, 0.05) is 12.8 Å². The zero-order valence-corrected chi connectivity index (χ0v) is 29.3. The molecule has 1 heterocycles. The molecule has 0 bridgehead atoms. The summed E-state index contributed by atoms with van der Waals surface area (Å²) in [7, 11) is 0. The zero-order valence-electron chi connectivity index (χ0n) is 28.4. The topological polar surface area (TPSA) is 18.5 Å². The van der Waals surface area contributed by atoms with Crippen molar-refractivity contribution in [1.82, 2.24) is 0 Å². The molecule has 0 spiro atoms. The number of hydrogen-bond donors (Lipinski definition) is 1. The maximum atomic E-state index is 6.27. The first-order valence-electron chi connectivity index (χ1n) is 19.0. The van der Waals surface area contributed by atoms with E-state index in [1.807, 2.05) is 0 Å². The molecule has 2 nitrogen and oxygen atoms in total. The molecule has 0 aliphatic carbocycles. The van der Waals surface area contributed by atoms with Gasteiger partial charge in [-0.05, 0) is 82.8 Å². The van der Waals surface area contributed by atoms with Crippen LogP contribution in [0.15, 0.2) is 24.3 Å². The predicted octanol–water partition coefficient (Wildman–Crippen LogP) is 13.5. The molecule has 0 aromatic heterocycles. The van der Waals surface area contributed by atoms with Crippen LogP contribution in [0.3, 0.4) is 0 Å². The van der Waals surface area contributed by atoms with Crippen molar-refractivity contribution in [3.8, 4) is 0 Å². The molecule has 1 rings (SSSR count). The zero-order chi connectivity index (χ0) is 30.1. The lowest BCUT2D eigenvalue weighted by molar-refractivity contribution is -0.274. The van der Waals surface area contributed by atoms with Crippen molar-refractivity contribution in [1.29, 1.82) is 0 Å². The molecule has 0 unspecified atom stereocenters. The molecule has 1 fully saturated rings. The summed E-state index contributed by atoms with van der Waals surface area (Å²) >= 11 is 4.28. The standard InChI is InChI=1S/C39H74O2S/c1-2-3-4-5-6-7-8-9-10-12-15-18-21-24-27-30-34-39(40-36-33-37-41-39)35-31-28-25-22-19-16-13-11-14-17-20-23-26-29-32-38-42/h9-11,14,42H,2-8,12-13,15-38H2,1H3/b10-9-,14-11-. The van der Waals surface area contributed by atoms with Crippen LogP contribution < -0.4 is 0 Å². The van der Waals surface area contributed by atoms with Gasteiger partial charge in [0.2, 0.25) is 0 Å². The van der Waals surface area contributed by atoms with Crippen LogP contribution in [0.5, 0.6) is 0 Å². The van der Waals surface area contributed by atoms with Crippen LogP contribution in [0.4, 0.5) is 0 Å². The largest absolute Gasteiger partial charge is 0.350 e. The highest BCUT2D eigenvalue weighted by Gasteiger charge is 2.33. The smallest absolute Gasteiger partial charge is 0.168 e. The highest BCUT2D eigenvalue weighted by molar-refractivity contribution is 7.80. The van der Waals surface area contributed by atoms with Gasteiger partial charge >= 0.3 is 0 Å². The second-order valence-electron chi connectivity index (χ2n) is 13.1. The highest BCUT2D eigenvalue weighted by atomic mass is 32.1. The lowest BCUT2D eigenvalue weighted by atomic mass is 9.98. The third-order valence-corrected chi connectivity index (χ3v) is 9.28. The van der Waals surface area contributed by atoms with Crippen LogP contribution >= 0.6 is 12.6 Å². The van der Waals surface area contributed by atoms with E-state index < -0.39 is 0 Å². The van der Waals surface area contributed by atoms with Crippen molar-refractivity contribution in [2.24, 2.45) is 0 Å². The highest BCUT2D eigenvalue weighted by Crippen LogP contribution is 2.31. The SMILES string of the molecule is CCCCCCCC/C=C\CCCCCCCCC1(CCCCCCCC/C=C\CCCCCCCS)OCCCO1. The Bertz CT molecular complexity index is 537. The van der Waals surface area contributed by atoms with Gasteiger partial charge in [0.15, 0.2) is 5.79 Å². The first-order valence-corrected chi connectivity index (χ1v) is 19.6. The first kappa shape index (κ1) is 39.8. The average molecular weight is 607 g/mol. The summed E-state index contributed by atoms with van der Waals surface area (Å²) in [5.41, 5.74) is 0. The van der Waals surface area contributed by atoms with Crippen molar-refractivity contribution < 1.29 is 9.47 Å². The minimum absolute atomic E-state index is 0.267. The molecule has 0 N–H and O–H groups in total. The molecule has 1 aliphatic rings. The van der Waals surface area contributed by atoms with E-state index in [0.29, 0.717) is 0 Å². The van der Waals surface area contributed by atoms with Crippen LogP contribution in [-0.4, -0.2) is 24.8 Å². The Morgan fingerprint density at radius 2 is 0.786 bits per heavy atom. The molecule has 3 heteroatoms. The monoisotopic (exact) mass is 607 g/mol. The Labute approximate surface area is 270 Å². The van der Waals surface area contributed by atoms with E-state index in [2.05, 4.69) is 43.9 Å². The summed E-state index contributed by atoms with van der Waals surface area (Å²) in [6.07, 6.45) is 49.3. The molecule has 0 saturated carbocycles. The van der Waals surface area contributed by atoms with E-state index in [0.717, 1.165) is 38.2 Å². The van der Waals surface area contributed by atoms with Crippen LogP contribution in [-0.2, 0) is 9.47 Å². The maximum Gasteiger partial charge on any atom is 0.168 e. The van der Waals surface area contributed by atoms with Gasteiger partial charge in [0.25, 0.3) is 0 Å². The van der Waals surface area contributed by atoms with E-state index in [1.165, 1.54) is 173 Å². The molecule has 1 aliphatic heterocycles. The summed E-state index contributed by atoms with van der Waals surface area (Å²) in [5.74, 6) is 0.776. The Balaban J connectivity index is 1.95. The van der Waals surface area contributed by atoms with Gasteiger partial charge in [0.05, 0.1) is 13.2 Å². The molecule has 1 saturated heterocycles. The third-order valence-electron chi connectivity index (χ3n) is 8.96. The van der Waals surface area contributed by atoms with Gasteiger partial charge in [-0.3, -0.25) is 0 Å². The van der Waals surface area contributed by atoms with Gasteiger partial charge in [0.1, 0.15) is 0 Å². The molecule has 0 aromatic carbocycles. The minimum atomic E-state index is -0.267. The number of ether oxygens (including phenoxy) is 2. The quantitative estimate of drug-likeness (QED) is 0.0466. The van der Waals surface area contributed by atoms with Gasteiger partial charge in [-0.2, -0.15) is 12.6 Å². The summed E-state index contributed by atoms with van der Waals surface area (Å²) < 4.78 is 12.5. The van der Waals surface area contributed by atoms with Crippen LogP contribution in [0, 0.1) is 0 Å². The van der Waals surface area contributed by atoms with Crippen LogP contribution in [0.2, 0.25) is 0 Å². The summed E-state index contributed by atoms with van der Waals surface area (Å²) in [6.45, 7) is 4.06. The maximum absolute atomic E-state index is 6.27. The Kier molecular flexibility index (Phi) is 30.4. The minimum Gasteiger partial charge on any atom is -0.350 e. The fraction of sp³-hybridized carbons (Fsp3) is 0.897. The number of rotatable bonds is 32. The lowest BCUT2D eigenvalue weighted by Crippen LogP contribution is -2.40. The molecule has 0 radical (unpaired) electrons. The summed E-state index contributed by atoms with van der Waals surface area (Å²) in [4.78, 5) is 0. The molecular formula is C39H74O2S. The van der Waals surface area contributed by atoms with Crippen molar-refractivity contribution in [2.45, 2.75) is 205 Å². The van der Waals surface area contributed by atoms with Gasteiger partial charge in [-0.1, -0.05) is 134 Å². The molecule has 248 valence electrons. The number of thiol groups is 1. The molecule has 42 heavy (non-hydrogen) atoms. The molecule has 0 atom stereocenters. The van der Waals surface area contributed by atoms with Crippen molar-refractivity contribution in [3.63, 3.8) is 0 Å². The Morgan fingerprint density at radius 1 is 0.452 bits per heavy atom. The second-order valence-corrected chi connectivity index (χ2v) is 13.5. The Hall–Kier alpha value is -0.250.